The molecule has 0 fully saturated rings. The molecule has 0 amide bonds. The van der Waals surface area contributed by atoms with E-state index in [0.717, 1.165) is 4.88 Å². The van der Waals surface area contributed by atoms with Gasteiger partial charge in [-0.15, -0.1) is 21.5 Å². The van der Waals surface area contributed by atoms with Gasteiger partial charge in [0.1, 0.15) is 5.82 Å². The maximum absolute atomic E-state index is 13.2. The van der Waals surface area contributed by atoms with E-state index in [1.54, 1.807) is 29.8 Å². The zero-order chi connectivity index (χ0) is 19.5. The molecule has 0 radical (unpaired) electrons. The molecule has 28 heavy (non-hydrogen) atoms. The molecule has 0 aliphatic carbocycles. The monoisotopic (exact) mass is 414 g/mol. The minimum absolute atomic E-state index is 0.248. The third kappa shape index (κ3) is 3.76. The summed E-state index contributed by atoms with van der Waals surface area (Å²) in [7, 11) is 0. The van der Waals surface area contributed by atoms with Gasteiger partial charge in [-0.1, -0.05) is 30.0 Å². The van der Waals surface area contributed by atoms with Crippen molar-refractivity contribution in [1.82, 2.24) is 14.9 Å². The fraction of sp³-hybridized carbons (Fsp3) is 0.158. The van der Waals surface area contributed by atoms with Gasteiger partial charge in [-0.05, 0) is 42.1 Å². The first-order valence-corrected chi connectivity index (χ1v) is 10.4. The van der Waals surface area contributed by atoms with Crippen LogP contribution < -0.4 is 0 Å². The largest absolute Gasteiger partial charge is 0.462 e. The Bertz CT molecular complexity index is 1060. The van der Waals surface area contributed by atoms with Crippen LogP contribution in [0.1, 0.15) is 12.5 Å². The van der Waals surface area contributed by atoms with Gasteiger partial charge in [-0.2, -0.15) is 9.78 Å². The quantitative estimate of drug-likeness (QED) is 0.464. The number of carbonyl (C=O) groups is 1. The van der Waals surface area contributed by atoms with Crippen molar-refractivity contribution in [3.05, 3.63) is 58.7 Å². The van der Waals surface area contributed by atoms with Gasteiger partial charge < -0.3 is 4.74 Å². The van der Waals surface area contributed by atoms with E-state index in [-0.39, 0.29) is 12.4 Å². The molecular weight excluding hydrogens is 399 g/mol. The molecule has 3 aromatic rings. The van der Waals surface area contributed by atoms with E-state index in [9.17, 15) is 9.18 Å². The molecule has 0 bridgehead atoms. The van der Waals surface area contributed by atoms with Crippen LogP contribution in [0.3, 0.4) is 0 Å². The SMILES string of the molecule is CCOC(=O)/C(=C\c1ccc(F)cc1)C1=Nn2c(nnc2-c2cccs2)SC1. The van der Waals surface area contributed by atoms with Gasteiger partial charge in [-0.3, -0.25) is 0 Å². The molecule has 0 saturated carbocycles. The predicted octanol–water partition coefficient (Wildman–Crippen LogP) is 4.10. The normalized spacial score (nSPS) is 13.8. The molecule has 0 atom stereocenters. The Kier molecular flexibility index (Phi) is 5.36. The van der Waals surface area contributed by atoms with E-state index in [1.807, 2.05) is 17.5 Å². The smallest absolute Gasteiger partial charge is 0.340 e. The number of rotatable bonds is 5. The van der Waals surface area contributed by atoms with Gasteiger partial charge in [-0.25, -0.2) is 9.18 Å². The number of ether oxygens (including phenoxy) is 1. The van der Waals surface area contributed by atoms with E-state index in [4.69, 9.17) is 4.74 Å². The van der Waals surface area contributed by atoms with Crippen LogP contribution in [0.4, 0.5) is 4.39 Å². The van der Waals surface area contributed by atoms with Gasteiger partial charge in [0.25, 0.3) is 0 Å². The number of esters is 1. The first kappa shape index (κ1) is 18.6. The Morgan fingerprint density at radius 3 is 2.82 bits per heavy atom. The fourth-order valence-electron chi connectivity index (χ4n) is 2.61. The van der Waals surface area contributed by atoms with Crippen molar-refractivity contribution in [1.29, 1.82) is 0 Å². The van der Waals surface area contributed by atoms with Gasteiger partial charge in [0.05, 0.1) is 22.8 Å². The molecule has 3 heterocycles. The third-order valence-corrected chi connectivity index (χ3v) is 5.70. The summed E-state index contributed by atoms with van der Waals surface area (Å²) in [6, 6.07) is 9.77. The third-order valence-electron chi connectivity index (χ3n) is 3.90. The average molecular weight is 414 g/mol. The van der Waals surface area contributed by atoms with E-state index >= 15 is 0 Å². The van der Waals surface area contributed by atoms with Crippen LogP contribution in [-0.4, -0.2) is 38.9 Å². The van der Waals surface area contributed by atoms with E-state index in [1.165, 1.54) is 35.2 Å². The van der Waals surface area contributed by atoms with Crippen LogP contribution in [0.2, 0.25) is 0 Å². The number of hydrogen-bond acceptors (Lipinski definition) is 7. The second kappa shape index (κ2) is 8.07. The lowest BCUT2D eigenvalue weighted by Crippen LogP contribution is -2.21. The number of halogens is 1. The van der Waals surface area contributed by atoms with Crippen LogP contribution in [0, 0.1) is 5.82 Å². The average Bonchev–Trinajstić information content (AvgIpc) is 3.36. The molecule has 0 unspecified atom stereocenters. The van der Waals surface area contributed by atoms with Gasteiger partial charge in [0, 0.05) is 5.75 Å². The van der Waals surface area contributed by atoms with Gasteiger partial charge in [0.15, 0.2) is 5.82 Å². The minimum Gasteiger partial charge on any atom is -0.462 e. The number of aromatic nitrogens is 3. The van der Waals surface area contributed by atoms with Crippen molar-refractivity contribution in [3.8, 4) is 10.7 Å². The number of benzene rings is 1. The molecule has 0 N–H and O–H groups in total. The summed E-state index contributed by atoms with van der Waals surface area (Å²) in [6.07, 6.45) is 1.66. The molecular formula is C19H15FN4O2S2. The number of thioether (sulfide) groups is 1. The molecule has 9 heteroatoms. The number of fused-ring (bicyclic) bond motifs is 1. The van der Waals surface area contributed by atoms with Crippen molar-refractivity contribution in [2.75, 3.05) is 12.4 Å². The first-order chi connectivity index (χ1) is 13.7. The van der Waals surface area contributed by atoms with Crippen LogP contribution in [0.25, 0.3) is 16.8 Å². The molecule has 6 nitrogen and oxygen atoms in total. The maximum atomic E-state index is 13.2. The number of hydrogen-bond donors (Lipinski definition) is 0. The Balaban J connectivity index is 1.77. The highest BCUT2D eigenvalue weighted by Crippen LogP contribution is 2.31. The van der Waals surface area contributed by atoms with Crippen LogP contribution in [0.5, 0.6) is 0 Å². The molecule has 1 aliphatic heterocycles. The lowest BCUT2D eigenvalue weighted by molar-refractivity contribution is -0.137. The highest BCUT2D eigenvalue weighted by Gasteiger charge is 2.25. The van der Waals surface area contributed by atoms with Crippen LogP contribution in [-0.2, 0) is 9.53 Å². The van der Waals surface area contributed by atoms with Gasteiger partial charge >= 0.3 is 5.97 Å². The van der Waals surface area contributed by atoms with E-state index < -0.39 is 5.97 Å². The van der Waals surface area contributed by atoms with Crippen molar-refractivity contribution >= 4 is 40.9 Å². The highest BCUT2D eigenvalue weighted by atomic mass is 32.2. The standard InChI is InChI=1S/C19H15FN4O2S2/c1-2-26-18(25)14(10-12-5-7-13(20)8-6-12)15-11-28-19-22-21-17(24(19)23-15)16-4-3-9-27-16/h3-10H,2,11H2,1H3/b14-10-. The van der Waals surface area contributed by atoms with Crippen LogP contribution >= 0.6 is 23.1 Å². The molecule has 1 aliphatic rings. The molecule has 142 valence electrons. The molecule has 2 aromatic heterocycles. The highest BCUT2D eigenvalue weighted by molar-refractivity contribution is 7.99. The van der Waals surface area contributed by atoms with Crippen molar-refractivity contribution in [3.63, 3.8) is 0 Å². The Morgan fingerprint density at radius 2 is 2.11 bits per heavy atom. The minimum atomic E-state index is -0.472. The number of nitrogens with zero attached hydrogens (tertiary/aromatic N) is 4. The lowest BCUT2D eigenvalue weighted by Gasteiger charge is -2.15. The Labute approximate surface area is 168 Å². The molecule has 0 saturated heterocycles. The van der Waals surface area contributed by atoms with Gasteiger partial charge in [0.2, 0.25) is 5.16 Å². The molecule has 4 rings (SSSR count). The lowest BCUT2D eigenvalue weighted by atomic mass is 10.1. The first-order valence-electron chi connectivity index (χ1n) is 8.50. The molecule has 1 aromatic carbocycles. The van der Waals surface area contributed by atoms with Crippen molar-refractivity contribution < 1.29 is 13.9 Å². The van der Waals surface area contributed by atoms with Crippen LogP contribution in [0.15, 0.2) is 57.6 Å². The summed E-state index contributed by atoms with van der Waals surface area (Å²) in [6.45, 7) is 2.00. The Hall–Kier alpha value is -2.78. The zero-order valence-electron chi connectivity index (χ0n) is 14.8. The van der Waals surface area contributed by atoms with E-state index in [2.05, 4.69) is 15.3 Å². The number of carbonyl (C=O) groups excluding carboxylic acids is 1. The second-order valence-corrected chi connectivity index (χ2v) is 7.65. The van der Waals surface area contributed by atoms with Crippen molar-refractivity contribution in [2.24, 2.45) is 5.10 Å². The predicted molar refractivity (Wildman–Crippen MR) is 108 cm³/mol. The summed E-state index contributed by atoms with van der Waals surface area (Å²) in [5.74, 6) is 0.268. The fourth-order valence-corrected chi connectivity index (χ4v) is 4.13. The molecule has 0 spiro atoms. The summed E-state index contributed by atoms with van der Waals surface area (Å²) < 4.78 is 20.1. The number of thiophene rings is 1. The summed E-state index contributed by atoms with van der Waals surface area (Å²) >= 11 is 2.98. The maximum Gasteiger partial charge on any atom is 0.340 e. The summed E-state index contributed by atoms with van der Waals surface area (Å²) in [4.78, 5) is 13.5. The van der Waals surface area contributed by atoms with E-state index in [0.29, 0.717) is 33.6 Å². The summed E-state index contributed by atoms with van der Waals surface area (Å²) in [5.41, 5.74) is 1.57. The van der Waals surface area contributed by atoms with Crippen molar-refractivity contribution in [2.45, 2.75) is 12.1 Å². The topological polar surface area (TPSA) is 69.4 Å². The summed E-state index contributed by atoms with van der Waals surface area (Å²) in [5, 5.41) is 15.7. The second-order valence-electron chi connectivity index (χ2n) is 5.76. The zero-order valence-corrected chi connectivity index (χ0v) is 16.5. The Morgan fingerprint density at radius 1 is 1.29 bits per heavy atom.